The number of hydrogen-bond donors (Lipinski definition) is 2. The molecule has 0 aliphatic rings. The Kier molecular flexibility index (Phi) is 3.92. The van der Waals surface area contributed by atoms with Gasteiger partial charge < -0.3 is 10.3 Å². The Balaban J connectivity index is 1.48. The first kappa shape index (κ1) is 15.9. The van der Waals surface area contributed by atoms with E-state index in [2.05, 4.69) is 20.4 Å². The number of nitrogens with one attached hydrogen (secondary N) is 2. The van der Waals surface area contributed by atoms with Crippen LogP contribution in [0.25, 0.3) is 17.0 Å². The van der Waals surface area contributed by atoms with Crippen LogP contribution < -0.4 is 5.32 Å². The fourth-order valence-electron chi connectivity index (χ4n) is 2.59. The lowest BCUT2D eigenvalue weighted by atomic mass is 10.1. The molecule has 0 aliphatic carbocycles. The summed E-state index contributed by atoms with van der Waals surface area (Å²) < 4.78 is 28.0. The summed E-state index contributed by atoms with van der Waals surface area (Å²) in [6.45, 7) is 0. The number of hydrogen-bond acceptors (Lipinski definition) is 3. The predicted octanol–water partition coefficient (Wildman–Crippen LogP) is 3.21. The van der Waals surface area contributed by atoms with Crippen LogP contribution in [0, 0.1) is 11.6 Å². The van der Waals surface area contributed by atoms with Gasteiger partial charge in [0.05, 0.1) is 35.5 Å². The molecule has 0 spiro atoms. The average Bonchev–Trinajstić information content (AvgIpc) is 3.23. The summed E-state index contributed by atoms with van der Waals surface area (Å²) in [5.41, 5.74) is 2.23. The van der Waals surface area contributed by atoms with Gasteiger partial charge in [-0.25, -0.2) is 18.4 Å². The average molecular weight is 353 g/mol. The first-order valence-electron chi connectivity index (χ1n) is 7.82. The zero-order valence-corrected chi connectivity index (χ0v) is 13.4. The molecule has 130 valence electrons. The molecule has 6 nitrogen and oxygen atoms in total. The fraction of sp³-hybridized carbons (Fsp3) is 0.0556. The van der Waals surface area contributed by atoms with Crippen LogP contribution in [-0.4, -0.2) is 25.7 Å². The molecule has 2 aromatic heterocycles. The van der Waals surface area contributed by atoms with Gasteiger partial charge in [0, 0.05) is 6.07 Å². The number of anilines is 1. The number of imidazole rings is 1. The van der Waals surface area contributed by atoms with Gasteiger partial charge in [-0.1, -0.05) is 18.2 Å². The monoisotopic (exact) mass is 353 g/mol. The molecule has 4 aromatic rings. The highest BCUT2D eigenvalue weighted by atomic mass is 19.1. The van der Waals surface area contributed by atoms with Crippen LogP contribution in [0.4, 0.5) is 14.5 Å². The third-order valence-corrected chi connectivity index (χ3v) is 3.83. The van der Waals surface area contributed by atoms with Gasteiger partial charge in [0.25, 0.3) is 0 Å². The van der Waals surface area contributed by atoms with E-state index in [-0.39, 0.29) is 12.0 Å². The topological polar surface area (TPSA) is 75.6 Å². The van der Waals surface area contributed by atoms with Crippen molar-refractivity contribution in [2.45, 2.75) is 6.42 Å². The van der Waals surface area contributed by atoms with E-state index >= 15 is 0 Å². The molecule has 2 N–H and O–H groups in total. The minimum absolute atomic E-state index is 0.119. The van der Waals surface area contributed by atoms with Crippen LogP contribution in [0.1, 0.15) is 5.56 Å². The molecule has 0 saturated carbocycles. The molecule has 0 aliphatic heterocycles. The maximum atomic E-state index is 13.6. The van der Waals surface area contributed by atoms with Crippen molar-refractivity contribution in [3.8, 4) is 5.95 Å². The molecule has 26 heavy (non-hydrogen) atoms. The van der Waals surface area contributed by atoms with E-state index in [1.54, 1.807) is 6.20 Å². The molecule has 2 aromatic carbocycles. The smallest absolute Gasteiger partial charge is 0.229 e. The molecule has 0 unspecified atom stereocenters. The van der Waals surface area contributed by atoms with Gasteiger partial charge >= 0.3 is 0 Å². The molecule has 0 atom stereocenters. The van der Waals surface area contributed by atoms with Crippen molar-refractivity contribution in [3.05, 3.63) is 72.1 Å². The van der Waals surface area contributed by atoms with Crippen LogP contribution in [0.2, 0.25) is 0 Å². The lowest BCUT2D eigenvalue weighted by Gasteiger charge is -2.04. The molecule has 0 saturated heterocycles. The maximum Gasteiger partial charge on any atom is 0.229 e. The summed E-state index contributed by atoms with van der Waals surface area (Å²) >= 11 is 0. The highest BCUT2D eigenvalue weighted by molar-refractivity contribution is 5.92. The first-order valence-corrected chi connectivity index (χ1v) is 7.82. The summed E-state index contributed by atoms with van der Waals surface area (Å²) in [5, 5.41) is 6.79. The van der Waals surface area contributed by atoms with Crippen LogP contribution in [0.5, 0.6) is 0 Å². The summed E-state index contributed by atoms with van der Waals surface area (Å²) in [4.78, 5) is 19.6. The molecule has 4 rings (SSSR count). The second kappa shape index (κ2) is 6.40. The van der Waals surface area contributed by atoms with Crippen LogP contribution in [-0.2, 0) is 11.2 Å². The third kappa shape index (κ3) is 3.16. The highest BCUT2D eigenvalue weighted by Crippen LogP contribution is 2.16. The Morgan fingerprint density at radius 3 is 2.85 bits per heavy atom. The zero-order valence-electron chi connectivity index (χ0n) is 13.4. The Labute approximate surface area is 146 Å². The molecule has 8 heteroatoms. The molecule has 0 bridgehead atoms. The zero-order chi connectivity index (χ0) is 18.1. The normalized spacial score (nSPS) is 11.0. The first-order chi connectivity index (χ1) is 12.6. The van der Waals surface area contributed by atoms with Crippen molar-refractivity contribution in [3.63, 3.8) is 0 Å². The Hall–Kier alpha value is -3.55. The number of aromatic amines is 1. The number of fused-ring (bicyclic) bond motifs is 1. The number of carbonyl (C=O) groups excluding carboxylic acids is 1. The fourth-order valence-corrected chi connectivity index (χ4v) is 2.59. The van der Waals surface area contributed by atoms with Crippen molar-refractivity contribution in [2.75, 3.05) is 5.32 Å². The number of carbonyl (C=O) groups is 1. The predicted molar refractivity (Wildman–Crippen MR) is 91.9 cm³/mol. The van der Waals surface area contributed by atoms with E-state index in [9.17, 15) is 13.6 Å². The number of aromatic nitrogens is 4. The van der Waals surface area contributed by atoms with Crippen LogP contribution in [0.3, 0.4) is 0 Å². The van der Waals surface area contributed by atoms with Crippen molar-refractivity contribution in [2.24, 2.45) is 0 Å². The van der Waals surface area contributed by atoms with E-state index < -0.39 is 17.5 Å². The van der Waals surface area contributed by atoms with Gasteiger partial charge in [-0.2, -0.15) is 5.10 Å². The Morgan fingerprint density at radius 2 is 2.04 bits per heavy atom. The Bertz CT molecular complexity index is 1070. The van der Waals surface area contributed by atoms with Crippen LogP contribution >= 0.6 is 0 Å². The summed E-state index contributed by atoms with van der Waals surface area (Å²) in [6.07, 6.45) is 2.85. The van der Waals surface area contributed by atoms with E-state index in [0.29, 0.717) is 11.6 Å². The molecule has 1 amide bonds. The van der Waals surface area contributed by atoms with Crippen molar-refractivity contribution < 1.29 is 13.6 Å². The highest BCUT2D eigenvalue weighted by Gasteiger charge is 2.12. The van der Waals surface area contributed by atoms with Crippen LogP contribution in [0.15, 0.2) is 54.9 Å². The number of rotatable bonds is 4. The van der Waals surface area contributed by atoms with Crippen molar-refractivity contribution in [1.82, 2.24) is 19.7 Å². The standard InChI is InChI=1S/C18H13F2N5O/c19-12-6-5-11(14(20)8-12)7-17(26)22-13-9-21-25(10-13)18-23-15-3-1-2-4-16(15)24-18/h1-6,8-10H,7H2,(H,22,26)(H,23,24). The largest absolute Gasteiger partial charge is 0.323 e. The molecule has 0 radical (unpaired) electrons. The Morgan fingerprint density at radius 1 is 1.19 bits per heavy atom. The number of benzene rings is 2. The molecular weight excluding hydrogens is 340 g/mol. The molecular formula is C18H13F2N5O. The van der Waals surface area contributed by atoms with Gasteiger partial charge in [0.2, 0.25) is 11.9 Å². The van der Waals surface area contributed by atoms with Gasteiger partial charge in [0.1, 0.15) is 11.6 Å². The van der Waals surface area contributed by atoms with Crippen molar-refractivity contribution in [1.29, 1.82) is 0 Å². The summed E-state index contributed by atoms with van der Waals surface area (Å²) in [7, 11) is 0. The van der Waals surface area contributed by atoms with Gasteiger partial charge in [-0.3, -0.25) is 4.79 Å². The van der Waals surface area contributed by atoms with E-state index in [0.717, 1.165) is 23.2 Å². The van der Waals surface area contributed by atoms with E-state index in [1.165, 1.54) is 16.9 Å². The lowest BCUT2D eigenvalue weighted by molar-refractivity contribution is -0.115. The lowest BCUT2D eigenvalue weighted by Crippen LogP contribution is -2.15. The van der Waals surface area contributed by atoms with E-state index in [4.69, 9.17) is 0 Å². The number of halogens is 2. The quantitative estimate of drug-likeness (QED) is 0.592. The summed E-state index contributed by atoms with van der Waals surface area (Å²) in [6, 6.07) is 10.7. The minimum atomic E-state index is -0.752. The number of para-hydroxylation sites is 2. The maximum absolute atomic E-state index is 13.6. The number of H-pyrrole nitrogens is 1. The third-order valence-electron chi connectivity index (χ3n) is 3.83. The second-order valence-corrected chi connectivity index (χ2v) is 5.71. The molecule has 2 heterocycles. The second-order valence-electron chi connectivity index (χ2n) is 5.71. The number of nitrogens with zero attached hydrogens (tertiary/aromatic N) is 3. The minimum Gasteiger partial charge on any atom is -0.323 e. The van der Waals surface area contributed by atoms with Gasteiger partial charge in [-0.15, -0.1) is 0 Å². The number of amides is 1. The van der Waals surface area contributed by atoms with Gasteiger partial charge in [-0.05, 0) is 23.8 Å². The molecule has 0 fully saturated rings. The van der Waals surface area contributed by atoms with Crippen molar-refractivity contribution >= 4 is 22.6 Å². The SMILES string of the molecule is O=C(Cc1ccc(F)cc1F)Nc1cnn(-c2nc3ccccc3[nH]2)c1. The summed E-state index contributed by atoms with van der Waals surface area (Å²) in [5.74, 6) is -1.35. The van der Waals surface area contributed by atoms with Gasteiger partial charge in [0.15, 0.2) is 0 Å². The van der Waals surface area contributed by atoms with E-state index in [1.807, 2.05) is 24.3 Å².